The molecule has 2 bridgehead atoms. The molecule has 1 unspecified atom stereocenters. The molecule has 1 N–H and O–H groups in total. The Hall–Kier alpha value is -2.55. The van der Waals surface area contributed by atoms with Crippen LogP contribution in [0, 0.1) is 11.3 Å². The zero-order valence-electron chi connectivity index (χ0n) is 19.9. The quantitative estimate of drug-likeness (QED) is 0.674. The maximum atomic E-state index is 13.0. The van der Waals surface area contributed by atoms with Gasteiger partial charge in [-0.1, -0.05) is 11.7 Å². The number of carbonyl (C=O) groups is 2. The van der Waals surface area contributed by atoms with Crippen LogP contribution in [0.15, 0.2) is 22.9 Å². The second-order valence-electron chi connectivity index (χ2n) is 11.3. The molecule has 9 heteroatoms. The lowest BCUT2D eigenvalue weighted by Gasteiger charge is -2.46. The van der Waals surface area contributed by atoms with Gasteiger partial charge in [-0.3, -0.25) is 14.9 Å². The summed E-state index contributed by atoms with van der Waals surface area (Å²) in [4.78, 5) is 29.4. The highest BCUT2D eigenvalue weighted by Crippen LogP contribution is 2.64. The summed E-state index contributed by atoms with van der Waals surface area (Å²) in [5.74, 6) is 0.0383. The Bertz CT molecular complexity index is 972. The fourth-order valence-corrected chi connectivity index (χ4v) is 5.71. The zero-order valence-corrected chi connectivity index (χ0v) is 19.9. The number of allylic oxidation sites excluding steroid dienone is 1. The molecular weight excluding hydrogens is 424 g/mol. The molecule has 2 saturated heterocycles. The molecule has 0 aromatic carbocycles. The smallest absolute Gasteiger partial charge is 0.411 e. The number of amides is 2. The summed E-state index contributed by atoms with van der Waals surface area (Å²) in [6, 6.07) is 1.81. The summed E-state index contributed by atoms with van der Waals surface area (Å²) >= 11 is 0. The molecule has 3 heterocycles. The second-order valence-corrected chi connectivity index (χ2v) is 11.3. The van der Waals surface area contributed by atoms with E-state index >= 15 is 0 Å². The topological polar surface area (TPSA) is 99.4 Å². The van der Waals surface area contributed by atoms with Crippen LogP contribution in [0.1, 0.15) is 70.8 Å². The van der Waals surface area contributed by atoms with Gasteiger partial charge in [0, 0.05) is 30.8 Å². The van der Waals surface area contributed by atoms with Gasteiger partial charge in [0.2, 0.25) is 5.91 Å². The molecule has 9 nitrogen and oxygen atoms in total. The summed E-state index contributed by atoms with van der Waals surface area (Å²) in [5.41, 5.74) is 1.13. The highest BCUT2D eigenvalue weighted by atomic mass is 16.6. The maximum absolute atomic E-state index is 13.0. The monoisotopic (exact) mass is 458 g/mol. The molecule has 33 heavy (non-hydrogen) atoms. The first kappa shape index (κ1) is 22.3. The van der Waals surface area contributed by atoms with Gasteiger partial charge in [0.15, 0.2) is 5.76 Å². The van der Waals surface area contributed by atoms with E-state index in [9.17, 15) is 14.8 Å². The number of hydrogen-bond acceptors (Lipinski definition) is 7. The Morgan fingerprint density at radius 3 is 2.67 bits per heavy atom. The molecule has 2 aliphatic carbocycles. The minimum Gasteiger partial charge on any atom is -0.444 e. The predicted octanol–water partition coefficient (Wildman–Crippen LogP) is 3.50. The lowest BCUT2D eigenvalue weighted by atomic mass is 9.71. The van der Waals surface area contributed by atoms with Crippen LogP contribution in [0.3, 0.4) is 0 Å². The fraction of sp³-hybridized carbons (Fsp3) is 0.708. The van der Waals surface area contributed by atoms with Gasteiger partial charge in [-0.25, -0.2) is 9.86 Å². The van der Waals surface area contributed by atoms with Crippen LogP contribution < -0.4 is 0 Å². The van der Waals surface area contributed by atoms with Crippen molar-refractivity contribution in [3.8, 4) is 0 Å². The number of carbonyl (C=O) groups excluding carboxylic acids is 2. The highest BCUT2D eigenvalue weighted by Gasteiger charge is 2.64. The Balaban J connectivity index is 1.33. The predicted molar refractivity (Wildman–Crippen MR) is 118 cm³/mol. The van der Waals surface area contributed by atoms with Crippen molar-refractivity contribution in [2.75, 3.05) is 13.1 Å². The normalized spacial score (nSPS) is 28.2. The zero-order chi connectivity index (χ0) is 23.7. The van der Waals surface area contributed by atoms with Gasteiger partial charge in [0.05, 0.1) is 30.2 Å². The van der Waals surface area contributed by atoms with Crippen LogP contribution in [0.4, 0.5) is 4.79 Å². The first-order valence-electron chi connectivity index (χ1n) is 11.8. The molecule has 0 radical (unpaired) electrons. The molecule has 3 atom stereocenters. The van der Waals surface area contributed by atoms with Gasteiger partial charge in [-0.05, 0) is 58.8 Å². The van der Waals surface area contributed by atoms with Crippen molar-refractivity contribution < 1.29 is 24.1 Å². The largest absolute Gasteiger partial charge is 0.444 e. The Morgan fingerprint density at radius 1 is 1.36 bits per heavy atom. The Kier molecular flexibility index (Phi) is 5.04. The molecule has 1 aromatic heterocycles. The van der Waals surface area contributed by atoms with Crippen molar-refractivity contribution in [2.24, 2.45) is 11.3 Å². The van der Waals surface area contributed by atoms with E-state index in [1.54, 1.807) is 4.90 Å². The summed E-state index contributed by atoms with van der Waals surface area (Å²) < 4.78 is 11.3. The van der Waals surface area contributed by atoms with E-state index in [-0.39, 0.29) is 47.9 Å². The number of fused-ring (bicyclic) bond motifs is 3. The third-order valence-corrected chi connectivity index (χ3v) is 7.78. The average Bonchev–Trinajstić information content (AvgIpc) is 3.19. The summed E-state index contributed by atoms with van der Waals surface area (Å²) in [5, 5.41) is 15.6. The standard InChI is InChI=1S/C24H34N4O5/c1-14(2)26-11-15(12-26)27(22(30)32-23(3,4)5)13-16-8-19(25-33-16)18-10-24(6-7-24)20-9-17(18)21(29)28(20)31/h8,15,17-18,20,31H,1,6-7,9-13H2,2-5H3/t17?,18-,20+/m1/s1. The molecule has 2 amide bonds. The van der Waals surface area contributed by atoms with Gasteiger partial charge >= 0.3 is 6.09 Å². The van der Waals surface area contributed by atoms with Crippen molar-refractivity contribution in [1.29, 1.82) is 0 Å². The third-order valence-electron chi connectivity index (χ3n) is 7.78. The molecule has 180 valence electrons. The first-order valence-corrected chi connectivity index (χ1v) is 11.8. The van der Waals surface area contributed by atoms with Crippen LogP contribution >= 0.6 is 0 Å². The van der Waals surface area contributed by atoms with Crippen molar-refractivity contribution in [3.63, 3.8) is 0 Å². The number of likely N-dealkylation sites (tertiary alicyclic amines) is 1. The maximum Gasteiger partial charge on any atom is 0.411 e. The minimum atomic E-state index is -0.601. The van der Waals surface area contributed by atoms with Crippen LogP contribution in [-0.2, 0) is 16.1 Å². The van der Waals surface area contributed by atoms with Crippen LogP contribution in [0.2, 0.25) is 0 Å². The van der Waals surface area contributed by atoms with E-state index < -0.39 is 5.60 Å². The van der Waals surface area contributed by atoms with E-state index in [4.69, 9.17) is 9.26 Å². The summed E-state index contributed by atoms with van der Waals surface area (Å²) in [6.07, 6.45) is 3.19. The number of rotatable bonds is 5. The van der Waals surface area contributed by atoms with Crippen LogP contribution in [-0.4, -0.2) is 68.0 Å². The number of ether oxygens (including phenoxy) is 1. The summed E-state index contributed by atoms with van der Waals surface area (Å²) in [7, 11) is 0. The molecule has 2 aliphatic heterocycles. The fourth-order valence-electron chi connectivity index (χ4n) is 5.71. The van der Waals surface area contributed by atoms with Crippen molar-refractivity contribution in [3.05, 3.63) is 29.8 Å². The van der Waals surface area contributed by atoms with Gasteiger partial charge in [0.1, 0.15) is 5.60 Å². The second kappa shape index (κ2) is 7.48. The lowest BCUT2D eigenvalue weighted by molar-refractivity contribution is -0.170. The molecule has 2 saturated carbocycles. The van der Waals surface area contributed by atoms with Gasteiger partial charge in [-0.2, -0.15) is 0 Å². The highest BCUT2D eigenvalue weighted by molar-refractivity contribution is 5.82. The first-order chi connectivity index (χ1) is 15.5. The van der Waals surface area contributed by atoms with Crippen molar-refractivity contribution >= 4 is 12.0 Å². The molecule has 4 aliphatic rings. The van der Waals surface area contributed by atoms with E-state index in [0.29, 0.717) is 25.3 Å². The Labute approximate surface area is 194 Å². The molecular formula is C24H34N4O5. The average molecular weight is 459 g/mol. The number of hydrogen-bond donors (Lipinski definition) is 1. The molecule has 1 aromatic rings. The van der Waals surface area contributed by atoms with E-state index in [1.807, 2.05) is 33.8 Å². The molecule has 5 rings (SSSR count). The Morgan fingerprint density at radius 2 is 2.06 bits per heavy atom. The molecule has 4 fully saturated rings. The van der Waals surface area contributed by atoms with Crippen molar-refractivity contribution in [2.45, 2.75) is 83.5 Å². The van der Waals surface area contributed by atoms with E-state index in [2.05, 4.69) is 16.6 Å². The molecule has 1 spiro atoms. The number of hydroxylamine groups is 2. The van der Waals surface area contributed by atoms with Gasteiger partial charge in [-0.15, -0.1) is 0 Å². The van der Waals surface area contributed by atoms with Crippen LogP contribution in [0.25, 0.3) is 0 Å². The third kappa shape index (κ3) is 3.90. The van der Waals surface area contributed by atoms with E-state index in [0.717, 1.165) is 35.7 Å². The van der Waals surface area contributed by atoms with Gasteiger partial charge in [0.25, 0.3) is 0 Å². The lowest BCUT2D eigenvalue weighted by Crippen LogP contribution is -2.60. The van der Waals surface area contributed by atoms with Crippen molar-refractivity contribution in [1.82, 2.24) is 20.0 Å². The van der Waals surface area contributed by atoms with Gasteiger partial charge < -0.3 is 14.2 Å². The SMILES string of the molecule is C=C(C)N1CC(N(Cc2cc([C@@H]3CC4(CC4)[C@@H]4CC3C(=O)N4O)no2)C(=O)OC(C)(C)C)C1. The number of nitrogens with zero attached hydrogens (tertiary/aromatic N) is 4. The summed E-state index contributed by atoms with van der Waals surface area (Å²) in [6.45, 7) is 13.1. The number of aromatic nitrogens is 1. The van der Waals surface area contributed by atoms with Crippen LogP contribution in [0.5, 0.6) is 0 Å². The van der Waals surface area contributed by atoms with E-state index in [1.165, 1.54) is 0 Å². The minimum absolute atomic E-state index is 0.00497.